The molecule has 144 valence electrons. The average molecular weight is 393 g/mol. The minimum absolute atomic E-state index is 0.173. The molecule has 0 radical (unpaired) electrons. The minimum atomic E-state index is -0.173. The number of fused-ring (bicyclic) bond motifs is 2. The second kappa shape index (κ2) is 7.83. The van der Waals surface area contributed by atoms with Crippen molar-refractivity contribution in [3.05, 3.63) is 54.2 Å². The highest BCUT2D eigenvalue weighted by Gasteiger charge is 2.17. The van der Waals surface area contributed by atoms with Crippen molar-refractivity contribution in [3.8, 4) is 16.5 Å². The van der Waals surface area contributed by atoms with Gasteiger partial charge in [0.25, 0.3) is 0 Å². The fraction of sp³-hybridized carbons (Fsp3) is 0.273. The van der Waals surface area contributed by atoms with Crippen LogP contribution in [0.25, 0.3) is 31.7 Å². The van der Waals surface area contributed by atoms with Gasteiger partial charge in [0, 0.05) is 16.1 Å². The van der Waals surface area contributed by atoms with E-state index in [1.165, 1.54) is 10.1 Å². The number of rotatable bonds is 6. The van der Waals surface area contributed by atoms with Gasteiger partial charge in [0.05, 0.1) is 23.2 Å². The van der Waals surface area contributed by atoms with E-state index < -0.39 is 0 Å². The molecule has 5 nitrogen and oxygen atoms in total. The van der Waals surface area contributed by atoms with Crippen LogP contribution in [0.4, 0.5) is 0 Å². The van der Waals surface area contributed by atoms with E-state index in [0.29, 0.717) is 0 Å². The predicted octanol–water partition coefficient (Wildman–Crippen LogP) is 4.47. The Morgan fingerprint density at radius 2 is 1.93 bits per heavy atom. The van der Waals surface area contributed by atoms with Gasteiger partial charge in [0.2, 0.25) is 0 Å². The molecule has 0 amide bonds. The van der Waals surface area contributed by atoms with Crippen LogP contribution in [0, 0.1) is 0 Å². The number of methoxy groups -OCH3 is 1. The molecule has 0 aliphatic heterocycles. The van der Waals surface area contributed by atoms with E-state index in [1.54, 1.807) is 18.4 Å². The van der Waals surface area contributed by atoms with E-state index in [1.807, 2.05) is 18.2 Å². The third-order valence-electron chi connectivity index (χ3n) is 4.82. The van der Waals surface area contributed by atoms with Crippen molar-refractivity contribution in [1.82, 2.24) is 14.9 Å². The number of nitrogens with zero attached hydrogens (tertiary/aromatic N) is 3. The molecule has 0 saturated heterocycles. The van der Waals surface area contributed by atoms with Gasteiger partial charge in [0.15, 0.2) is 5.82 Å². The van der Waals surface area contributed by atoms with E-state index in [-0.39, 0.29) is 6.04 Å². The van der Waals surface area contributed by atoms with Crippen LogP contribution < -0.4 is 10.5 Å². The first kappa shape index (κ1) is 18.8. The minimum Gasteiger partial charge on any atom is -0.497 e. The Kier molecular flexibility index (Phi) is 5.26. The number of thiophene rings is 1. The highest BCUT2D eigenvalue weighted by atomic mass is 32.1. The quantitative estimate of drug-likeness (QED) is 0.524. The number of hydrogen-bond donors (Lipinski definition) is 1. The summed E-state index contributed by atoms with van der Waals surface area (Å²) in [5, 5.41) is 2.16. The number of benzene rings is 2. The molecule has 1 atom stereocenters. The molecular weight excluding hydrogens is 368 g/mol. The number of nitrogens with two attached hydrogens (primary N) is 1. The maximum absolute atomic E-state index is 6.57. The lowest BCUT2D eigenvalue weighted by Crippen LogP contribution is -2.21. The van der Waals surface area contributed by atoms with Crippen molar-refractivity contribution < 1.29 is 4.74 Å². The third kappa shape index (κ3) is 3.71. The topological polar surface area (TPSA) is 64.3 Å². The summed E-state index contributed by atoms with van der Waals surface area (Å²) >= 11 is 1.71. The first-order chi connectivity index (χ1) is 13.5. The molecule has 2 aromatic carbocycles. The fourth-order valence-corrected chi connectivity index (χ4v) is 4.27. The smallest absolute Gasteiger partial charge is 0.170 e. The Balaban J connectivity index is 1.85. The van der Waals surface area contributed by atoms with Gasteiger partial charge >= 0.3 is 0 Å². The molecule has 0 fully saturated rings. The Bertz CT molecular complexity index is 1090. The summed E-state index contributed by atoms with van der Waals surface area (Å²) in [5.74, 6) is 1.51. The van der Waals surface area contributed by atoms with Crippen LogP contribution in [-0.4, -0.2) is 42.6 Å². The lowest BCUT2D eigenvalue weighted by atomic mass is 10.0. The Labute approximate surface area is 168 Å². The highest BCUT2D eigenvalue weighted by Crippen LogP contribution is 2.34. The molecule has 0 saturated carbocycles. The molecule has 4 aromatic rings. The summed E-state index contributed by atoms with van der Waals surface area (Å²) in [6.45, 7) is 0.898. The van der Waals surface area contributed by atoms with Gasteiger partial charge in [0.1, 0.15) is 5.75 Å². The standard InChI is InChI=1S/C22H24N4OS/c1-26(2)11-10-17(23)21-16-13-15(27-3)8-9-18(16)24-22(25-21)20-12-14-6-4-5-7-19(14)28-20/h4-9,12-13,17H,10-11,23H2,1-3H3. The van der Waals surface area contributed by atoms with Crippen molar-refractivity contribution in [2.45, 2.75) is 12.5 Å². The summed E-state index contributed by atoms with van der Waals surface area (Å²) in [7, 11) is 5.77. The largest absolute Gasteiger partial charge is 0.497 e. The van der Waals surface area contributed by atoms with Gasteiger partial charge < -0.3 is 15.4 Å². The molecular formula is C22H24N4OS. The summed E-state index contributed by atoms with van der Waals surface area (Å²) < 4.78 is 6.64. The van der Waals surface area contributed by atoms with Crippen molar-refractivity contribution in [1.29, 1.82) is 0 Å². The molecule has 2 aromatic heterocycles. The van der Waals surface area contributed by atoms with Crippen LogP contribution in [0.15, 0.2) is 48.5 Å². The van der Waals surface area contributed by atoms with Gasteiger partial charge in [-0.1, -0.05) is 18.2 Å². The third-order valence-corrected chi connectivity index (χ3v) is 5.93. The molecule has 2 N–H and O–H groups in total. The van der Waals surface area contributed by atoms with E-state index in [2.05, 4.69) is 49.3 Å². The zero-order chi connectivity index (χ0) is 19.7. The molecule has 6 heteroatoms. The highest BCUT2D eigenvalue weighted by molar-refractivity contribution is 7.22. The SMILES string of the molecule is COc1ccc2nc(-c3cc4ccccc4s3)nc(C(N)CCN(C)C)c2c1. The molecule has 0 aliphatic carbocycles. The first-order valence-electron chi connectivity index (χ1n) is 9.30. The van der Waals surface area contributed by atoms with Gasteiger partial charge in [-0.15, -0.1) is 11.3 Å². The molecule has 2 heterocycles. The van der Waals surface area contributed by atoms with E-state index in [0.717, 1.165) is 46.0 Å². The van der Waals surface area contributed by atoms with Gasteiger partial charge in [-0.3, -0.25) is 0 Å². The van der Waals surface area contributed by atoms with Crippen LogP contribution in [0.3, 0.4) is 0 Å². The van der Waals surface area contributed by atoms with Crippen molar-refractivity contribution in [3.63, 3.8) is 0 Å². The normalized spacial score (nSPS) is 12.8. The van der Waals surface area contributed by atoms with Gasteiger partial charge in [-0.2, -0.15) is 0 Å². The molecule has 0 aliphatic rings. The van der Waals surface area contributed by atoms with E-state index >= 15 is 0 Å². The van der Waals surface area contributed by atoms with E-state index in [4.69, 9.17) is 20.4 Å². The molecule has 4 rings (SSSR count). The maximum atomic E-state index is 6.57. The zero-order valence-corrected chi connectivity index (χ0v) is 17.2. The average Bonchev–Trinajstić information content (AvgIpc) is 3.15. The summed E-state index contributed by atoms with van der Waals surface area (Å²) in [6.07, 6.45) is 0.822. The van der Waals surface area contributed by atoms with Crippen molar-refractivity contribution >= 4 is 32.3 Å². The molecule has 0 spiro atoms. The Hall–Kier alpha value is -2.54. The zero-order valence-electron chi connectivity index (χ0n) is 16.3. The van der Waals surface area contributed by atoms with Crippen LogP contribution in [-0.2, 0) is 0 Å². The van der Waals surface area contributed by atoms with Crippen LogP contribution >= 0.6 is 11.3 Å². The first-order valence-corrected chi connectivity index (χ1v) is 10.1. The number of aromatic nitrogens is 2. The van der Waals surface area contributed by atoms with Crippen LogP contribution in [0.5, 0.6) is 5.75 Å². The fourth-order valence-electron chi connectivity index (χ4n) is 3.28. The second-order valence-electron chi connectivity index (χ2n) is 7.16. The summed E-state index contributed by atoms with van der Waals surface area (Å²) in [5.41, 5.74) is 8.33. The molecule has 1 unspecified atom stereocenters. The second-order valence-corrected chi connectivity index (χ2v) is 8.25. The lowest BCUT2D eigenvalue weighted by molar-refractivity contribution is 0.381. The van der Waals surface area contributed by atoms with Crippen LogP contribution in [0.1, 0.15) is 18.2 Å². The number of ether oxygens (including phenoxy) is 1. The van der Waals surface area contributed by atoms with E-state index in [9.17, 15) is 0 Å². The Morgan fingerprint density at radius 1 is 1.11 bits per heavy atom. The van der Waals surface area contributed by atoms with Crippen molar-refractivity contribution in [2.24, 2.45) is 5.73 Å². The predicted molar refractivity (Wildman–Crippen MR) is 117 cm³/mol. The number of hydrogen-bond acceptors (Lipinski definition) is 6. The van der Waals surface area contributed by atoms with Crippen LogP contribution in [0.2, 0.25) is 0 Å². The van der Waals surface area contributed by atoms with Gasteiger partial charge in [-0.25, -0.2) is 9.97 Å². The monoisotopic (exact) mass is 392 g/mol. The van der Waals surface area contributed by atoms with Gasteiger partial charge in [-0.05, 0) is 62.8 Å². The Morgan fingerprint density at radius 3 is 2.68 bits per heavy atom. The maximum Gasteiger partial charge on any atom is 0.170 e. The lowest BCUT2D eigenvalue weighted by Gasteiger charge is -2.17. The van der Waals surface area contributed by atoms with Crippen molar-refractivity contribution in [2.75, 3.05) is 27.7 Å². The molecule has 0 bridgehead atoms. The summed E-state index contributed by atoms with van der Waals surface area (Å²) in [6, 6.07) is 16.2. The molecule has 28 heavy (non-hydrogen) atoms. The summed E-state index contributed by atoms with van der Waals surface area (Å²) in [4.78, 5) is 12.9.